The number of hydrogen-bond donors (Lipinski definition) is 1. The second-order valence-corrected chi connectivity index (χ2v) is 6.32. The van der Waals surface area contributed by atoms with Crippen molar-refractivity contribution >= 4 is 16.8 Å². The van der Waals surface area contributed by atoms with Gasteiger partial charge in [-0.3, -0.25) is 14.2 Å². The van der Waals surface area contributed by atoms with Crippen molar-refractivity contribution in [3.63, 3.8) is 0 Å². The summed E-state index contributed by atoms with van der Waals surface area (Å²) in [4.78, 5) is 28.8. The van der Waals surface area contributed by atoms with E-state index in [1.165, 1.54) is 17.0 Å². The third-order valence-electron chi connectivity index (χ3n) is 4.36. The van der Waals surface area contributed by atoms with Crippen molar-refractivity contribution < 1.29 is 9.18 Å². The van der Waals surface area contributed by atoms with Crippen LogP contribution in [0.4, 0.5) is 4.39 Å². The molecule has 1 aromatic heterocycles. The van der Waals surface area contributed by atoms with Crippen LogP contribution in [0.2, 0.25) is 0 Å². The summed E-state index contributed by atoms with van der Waals surface area (Å²) < 4.78 is 15.0. The van der Waals surface area contributed by atoms with Crippen LogP contribution in [-0.4, -0.2) is 15.5 Å². The zero-order chi connectivity index (χ0) is 18.7. The molecule has 2 aromatic carbocycles. The number of rotatable bonds is 5. The van der Waals surface area contributed by atoms with Crippen LogP contribution in [0, 0.1) is 19.7 Å². The van der Waals surface area contributed by atoms with Crippen LogP contribution in [0.3, 0.4) is 0 Å². The topological polar surface area (TPSA) is 64.0 Å². The van der Waals surface area contributed by atoms with Crippen molar-refractivity contribution in [2.75, 3.05) is 0 Å². The number of halogens is 1. The highest BCUT2D eigenvalue weighted by Gasteiger charge is 2.08. The van der Waals surface area contributed by atoms with Crippen LogP contribution < -0.4 is 10.9 Å². The van der Waals surface area contributed by atoms with E-state index in [2.05, 4.69) is 10.3 Å². The smallest absolute Gasteiger partial charge is 0.261 e. The lowest BCUT2D eigenvalue weighted by molar-refractivity contribution is -0.121. The Morgan fingerprint density at radius 3 is 2.77 bits per heavy atom. The van der Waals surface area contributed by atoms with E-state index in [-0.39, 0.29) is 36.8 Å². The van der Waals surface area contributed by atoms with Gasteiger partial charge >= 0.3 is 0 Å². The number of para-hydroxylation sites is 1. The summed E-state index contributed by atoms with van der Waals surface area (Å²) in [6.45, 7) is 4.08. The molecule has 0 aliphatic heterocycles. The lowest BCUT2D eigenvalue weighted by atomic mass is 10.1. The number of nitrogens with zero attached hydrogens (tertiary/aromatic N) is 2. The van der Waals surface area contributed by atoms with Crippen LogP contribution in [0.5, 0.6) is 0 Å². The van der Waals surface area contributed by atoms with Gasteiger partial charge in [0.2, 0.25) is 5.91 Å². The van der Waals surface area contributed by atoms with E-state index in [4.69, 9.17) is 0 Å². The van der Waals surface area contributed by atoms with Crippen molar-refractivity contribution in [1.82, 2.24) is 14.9 Å². The van der Waals surface area contributed by atoms with Crippen LogP contribution in [-0.2, 0) is 17.9 Å². The molecule has 6 heteroatoms. The van der Waals surface area contributed by atoms with Crippen LogP contribution >= 0.6 is 0 Å². The monoisotopic (exact) mass is 353 g/mol. The number of hydrogen-bond acceptors (Lipinski definition) is 3. The number of aromatic nitrogens is 2. The molecule has 0 saturated heterocycles. The second kappa shape index (κ2) is 7.47. The van der Waals surface area contributed by atoms with Gasteiger partial charge in [-0.05, 0) is 42.7 Å². The van der Waals surface area contributed by atoms with Gasteiger partial charge in [0.1, 0.15) is 5.82 Å². The van der Waals surface area contributed by atoms with Gasteiger partial charge in [-0.25, -0.2) is 9.37 Å². The summed E-state index contributed by atoms with van der Waals surface area (Å²) in [5, 5.41) is 3.28. The van der Waals surface area contributed by atoms with E-state index >= 15 is 0 Å². The SMILES string of the molecule is Cc1ccc(CNC(=O)CCn2cnc3c(C)cccc3c2=O)cc1F. The molecule has 3 rings (SSSR count). The summed E-state index contributed by atoms with van der Waals surface area (Å²) in [7, 11) is 0. The van der Waals surface area contributed by atoms with Gasteiger partial charge in [0, 0.05) is 19.5 Å². The first kappa shape index (κ1) is 17.8. The van der Waals surface area contributed by atoms with E-state index in [0.29, 0.717) is 22.0 Å². The van der Waals surface area contributed by atoms with Crippen LogP contribution in [0.15, 0.2) is 47.5 Å². The molecule has 3 aromatic rings. The lowest BCUT2D eigenvalue weighted by Gasteiger charge is -2.09. The Bertz CT molecular complexity index is 1030. The van der Waals surface area contributed by atoms with Crippen molar-refractivity contribution in [2.24, 2.45) is 0 Å². The Morgan fingerprint density at radius 2 is 2.00 bits per heavy atom. The van der Waals surface area contributed by atoms with Crippen molar-refractivity contribution in [3.8, 4) is 0 Å². The van der Waals surface area contributed by atoms with Gasteiger partial charge in [-0.15, -0.1) is 0 Å². The molecule has 0 atom stereocenters. The molecule has 0 radical (unpaired) electrons. The summed E-state index contributed by atoms with van der Waals surface area (Å²) in [6.07, 6.45) is 1.62. The molecule has 0 spiro atoms. The molecule has 1 heterocycles. The maximum Gasteiger partial charge on any atom is 0.261 e. The van der Waals surface area contributed by atoms with E-state index in [1.54, 1.807) is 25.1 Å². The Hall–Kier alpha value is -3.02. The molecule has 0 fully saturated rings. The predicted octanol–water partition coefficient (Wildman–Crippen LogP) is 2.86. The first-order valence-corrected chi connectivity index (χ1v) is 8.42. The Balaban J connectivity index is 1.62. The summed E-state index contributed by atoms with van der Waals surface area (Å²) >= 11 is 0. The molecule has 0 bridgehead atoms. The average molecular weight is 353 g/mol. The summed E-state index contributed by atoms with van der Waals surface area (Å²) in [6, 6.07) is 10.3. The number of fused-ring (bicyclic) bond motifs is 1. The first-order chi connectivity index (χ1) is 12.5. The number of benzene rings is 2. The largest absolute Gasteiger partial charge is 0.352 e. The minimum Gasteiger partial charge on any atom is -0.352 e. The number of carbonyl (C=O) groups excluding carboxylic acids is 1. The molecule has 0 aliphatic carbocycles. The number of amides is 1. The normalized spacial score (nSPS) is 10.9. The molecule has 1 amide bonds. The Labute approximate surface area is 150 Å². The highest BCUT2D eigenvalue weighted by Crippen LogP contribution is 2.11. The van der Waals surface area contributed by atoms with Gasteiger partial charge < -0.3 is 5.32 Å². The third kappa shape index (κ3) is 3.79. The molecule has 134 valence electrons. The van der Waals surface area contributed by atoms with Crippen LogP contribution in [0.1, 0.15) is 23.1 Å². The average Bonchev–Trinajstić information content (AvgIpc) is 2.63. The van der Waals surface area contributed by atoms with E-state index in [0.717, 1.165) is 5.56 Å². The Kier molecular flexibility index (Phi) is 5.11. The van der Waals surface area contributed by atoms with E-state index < -0.39 is 0 Å². The molecule has 1 N–H and O–H groups in total. The van der Waals surface area contributed by atoms with Crippen LogP contribution in [0.25, 0.3) is 10.9 Å². The fourth-order valence-electron chi connectivity index (χ4n) is 2.75. The highest BCUT2D eigenvalue weighted by molar-refractivity contribution is 5.80. The highest BCUT2D eigenvalue weighted by atomic mass is 19.1. The summed E-state index contributed by atoms with van der Waals surface area (Å²) in [5.41, 5.74) is 2.72. The number of aryl methyl sites for hydroxylation is 3. The number of nitrogens with one attached hydrogen (secondary N) is 1. The van der Waals surface area contributed by atoms with Crippen molar-refractivity contribution in [2.45, 2.75) is 33.4 Å². The minimum atomic E-state index is -0.291. The molecular weight excluding hydrogens is 333 g/mol. The number of carbonyl (C=O) groups is 1. The zero-order valence-corrected chi connectivity index (χ0v) is 14.8. The molecular formula is C20H20FN3O2. The quantitative estimate of drug-likeness (QED) is 0.767. The van der Waals surface area contributed by atoms with Crippen molar-refractivity contribution in [3.05, 3.63) is 75.6 Å². The lowest BCUT2D eigenvalue weighted by Crippen LogP contribution is -2.27. The molecule has 0 saturated carbocycles. The standard InChI is InChI=1S/C20H20FN3O2/c1-13-6-7-15(10-17(13)21)11-22-18(25)8-9-24-12-23-19-14(2)4-3-5-16(19)20(24)26/h3-7,10,12H,8-9,11H2,1-2H3,(H,22,25). The predicted molar refractivity (Wildman–Crippen MR) is 98.3 cm³/mol. The first-order valence-electron chi connectivity index (χ1n) is 8.42. The molecule has 0 unspecified atom stereocenters. The van der Waals surface area contributed by atoms with E-state index in [1.807, 2.05) is 19.1 Å². The van der Waals surface area contributed by atoms with Gasteiger partial charge in [-0.2, -0.15) is 0 Å². The fourth-order valence-corrected chi connectivity index (χ4v) is 2.75. The minimum absolute atomic E-state index is 0.146. The Morgan fingerprint density at radius 1 is 1.19 bits per heavy atom. The van der Waals surface area contributed by atoms with Gasteiger partial charge in [0.15, 0.2) is 0 Å². The summed E-state index contributed by atoms with van der Waals surface area (Å²) in [5.74, 6) is -0.497. The molecule has 5 nitrogen and oxygen atoms in total. The van der Waals surface area contributed by atoms with Gasteiger partial charge in [0.05, 0.1) is 17.2 Å². The molecule has 26 heavy (non-hydrogen) atoms. The van der Waals surface area contributed by atoms with Crippen molar-refractivity contribution in [1.29, 1.82) is 0 Å². The van der Waals surface area contributed by atoms with E-state index in [9.17, 15) is 14.0 Å². The second-order valence-electron chi connectivity index (χ2n) is 6.32. The van der Waals surface area contributed by atoms with Gasteiger partial charge in [0.25, 0.3) is 5.56 Å². The fraction of sp³-hybridized carbons (Fsp3) is 0.250. The maximum absolute atomic E-state index is 13.5. The zero-order valence-electron chi connectivity index (χ0n) is 14.8. The third-order valence-corrected chi connectivity index (χ3v) is 4.36. The maximum atomic E-state index is 13.5. The molecule has 0 aliphatic rings. The van der Waals surface area contributed by atoms with Gasteiger partial charge in [-0.1, -0.05) is 24.3 Å².